The van der Waals surface area contributed by atoms with Crippen LogP contribution >= 0.6 is 34.5 Å². The molecule has 0 aliphatic rings. The van der Waals surface area contributed by atoms with Crippen molar-refractivity contribution in [3.63, 3.8) is 0 Å². The first kappa shape index (κ1) is 18.7. The Morgan fingerprint density at radius 1 is 1.19 bits per heavy atom. The summed E-state index contributed by atoms with van der Waals surface area (Å²) in [6, 6.07) is 6.67. The van der Waals surface area contributed by atoms with E-state index in [9.17, 15) is 14.7 Å². The molecule has 1 N–H and O–H groups in total. The van der Waals surface area contributed by atoms with E-state index in [1.165, 1.54) is 11.3 Å². The molecular weight excluding hydrogens is 393 g/mol. The highest BCUT2D eigenvalue weighted by Gasteiger charge is 2.25. The Morgan fingerprint density at radius 2 is 1.92 bits per heavy atom. The smallest absolute Gasteiger partial charge is 0.341 e. The molecule has 0 fully saturated rings. The molecule has 2 aromatic heterocycles. The van der Waals surface area contributed by atoms with E-state index in [1.807, 2.05) is 35.2 Å². The minimum Gasteiger partial charge on any atom is -0.477 e. The van der Waals surface area contributed by atoms with Crippen LogP contribution in [0.25, 0.3) is 22.4 Å². The summed E-state index contributed by atoms with van der Waals surface area (Å²) < 4.78 is 1.83. The van der Waals surface area contributed by atoms with Crippen LogP contribution in [-0.2, 0) is 6.54 Å². The Bertz CT molecular complexity index is 1060. The minimum absolute atomic E-state index is 0.267. The molecule has 3 aromatic rings. The van der Waals surface area contributed by atoms with Gasteiger partial charge in [0.15, 0.2) is 0 Å². The summed E-state index contributed by atoms with van der Waals surface area (Å²) in [5, 5.41) is 14.2. The van der Waals surface area contributed by atoms with E-state index in [0.717, 1.165) is 5.56 Å². The molecule has 0 atom stereocenters. The van der Waals surface area contributed by atoms with Crippen LogP contribution in [0.1, 0.15) is 23.0 Å². The first-order valence-electron chi connectivity index (χ1n) is 7.85. The van der Waals surface area contributed by atoms with Crippen LogP contribution in [0.5, 0.6) is 0 Å². The molecule has 0 unspecified atom stereocenters. The molecule has 2 heterocycles. The predicted octanol–water partition coefficient (Wildman–Crippen LogP) is 5.58. The van der Waals surface area contributed by atoms with Crippen LogP contribution in [0, 0.1) is 6.92 Å². The van der Waals surface area contributed by atoms with Gasteiger partial charge < -0.3 is 9.67 Å². The molecule has 0 aliphatic carbocycles. The van der Waals surface area contributed by atoms with Gasteiger partial charge in [0.2, 0.25) is 5.43 Å². The van der Waals surface area contributed by atoms with Crippen LogP contribution in [0.3, 0.4) is 0 Å². The average molecular weight is 408 g/mol. The van der Waals surface area contributed by atoms with Gasteiger partial charge in [0.05, 0.1) is 21.3 Å². The highest BCUT2D eigenvalue weighted by molar-refractivity contribution is 7.08. The van der Waals surface area contributed by atoms with Crippen molar-refractivity contribution in [3.05, 3.63) is 66.6 Å². The van der Waals surface area contributed by atoms with E-state index >= 15 is 0 Å². The highest BCUT2D eigenvalue weighted by Crippen LogP contribution is 2.33. The normalized spacial score (nSPS) is 10.9. The number of carboxylic acids is 1. The molecule has 0 spiro atoms. The number of benzene rings is 1. The maximum atomic E-state index is 13.1. The van der Waals surface area contributed by atoms with Gasteiger partial charge in [-0.2, -0.15) is 11.3 Å². The molecular formula is C19H15Cl2NO3S. The Balaban J connectivity index is 2.46. The van der Waals surface area contributed by atoms with E-state index in [2.05, 4.69) is 0 Å². The lowest BCUT2D eigenvalue weighted by atomic mass is 9.97. The lowest BCUT2D eigenvalue weighted by molar-refractivity contribution is 0.0695. The van der Waals surface area contributed by atoms with Crippen LogP contribution in [0.15, 0.2) is 39.8 Å². The van der Waals surface area contributed by atoms with Crippen molar-refractivity contribution >= 4 is 40.5 Å². The van der Waals surface area contributed by atoms with Gasteiger partial charge in [-0.05, 0) is 48.4 Å². The van der Waals surface area contributed by atoms with Crippen LogP contribution in [0.4, 0.5) is 0 Å². The van der Waals surface area contributed by atoms with Crippen molar-refractivity contribution < 1.29 is 9.90 Å². The summed E-state index contributed by atoms with van der Waals surface area (Å²) in [6.07, 6.45) is 0. The van der Waals surface area contributed by atoms with Crippen molar-refractivity contribution in [3.8, 4) is 22.4 Å². The lowest BCUT2D eigenvalue weighted by Gasteiger charge is -2.21. The molecule has 1 aromatic carbocycles. The number of hydrogen-bond acceptors (Lipinski definition) is 3. The summed E-state index contributed by atoms with van der Waals surface area (Å²) >= 11 is 13.6. The van der Waals surface area contributed by atoms with Gasteiger partial charge in [0, 0.05) is 17.8 Å². The van der Waals surface area contributed by atoms with Crippen LogP contribution in [0.2, 0.25) is 10.0 Å². The predicted molar refractivity (Wildman–Crippen MR) is 107 cm³/mol. The first-order chi connectivity index (χ1) is 12.4. The first-order valence-corrected chi connectivity index (χ1v) is 9.55. The standard InChI is InChI=1S/C19H15Cl2NO3S/c1-3-22-10(2)15(12-6-7-26-9-12)18(23)16(19(24)25)17(22)11-4-5-13(20)14(21)8-11/h4-9H,3H2,1-2H3,(H,24,25). The largest absolute Gasteiger partial charge is 0.477 e. The zero-order valence-corrected chi connectivity index (χ0v) is 16.4. The number of rotatable bonds is 4. The van der Waals surface area contributed by atoms with Crippen molar-refractivity contribution in [2.45, 2.75) is 20.4 Å². The topological polar surface area (TPSA) is 59.3 Å². The second-order valence-electron chi connectivity index (χ2n) is 5.70. The zero-order valence-electron chi connectivity index (χ0n) is 14.0. The number of carbonyl (C=O) groups is 1. The van der Waals surface area contributed by atoms with Gasteiger partial charge in [-0.15, -0.1) is 0 Å². The van der Waals surface area contributed by atoms with Gasteiger partial charge in [0.25, 0.3) is 0 Å². The van der Waals surface area contributed by atoms with E-state index < -0.39 is 11.4 Å². The van der Waals surface area contributed by atoms with Gasteiger partial charge in [-0.3, -0.25) is 4.79 Å². The van der Waals surface area contributed by atoms with Crippen molar-refractivity contribution in [1.29, 1.82) is 0 Å². The molecule has 4 nitrogen and oxygen atoms in total. The zero-order chi connectivity index (χ0) is 19.0. The molecule has 7 heteroatoms. The fraction of sp³-hybridized carbons (Fsp3) is 0.158. The number of thiophene rings is 1. The Hall–Kier alpha value is -2.08. The van der Waals surface area contributed by atoms with E-state index in [4.69, 9.17) is 23.2 Å². The molecule has 134 valence electrons. The third kappa shape index (κ3) is 3.07. The monoisotopic (exact) mass is 407 g/mol. The number of pyridine rings is 1. The quantitative estimate of drug-likeness (QED) is 0.613. The average Bonchev–Trinajstić information content (AvgIpc) is 3.10. The molecule has 0 amide bonds. The van der Waals surface area contributed by atoms with Crippen LogP contribution in [-0.4, -0.2) is 15.6 Å². The fourth-order valence-corrected chi connectivity index (χ4v) is 4.06. The summed E-state index contributed by atoms with van der Waals surface area (Å²) in [6.45, 7) is 4.23. The number of carboxylic acid groups (broad SMARTS) is 1. The number of nitrogens with zero attached hydrogens (tertiary/aromatic N) is 1. The maximum absolute atomic E-state index is 13.1. The van der Waals surface area contributed by atoms with Crippen molar-refractivity contribution in [2.75, 3.05) is 0 Å². The minimum atomic E-state index is -1.27. The third-order valence-electron chi connectivity index (χ3n) is 4.26. The Morgan fingerprint density at radius 3 is 2.46 bits per heavy atom. The Labute approximate surface area is 164 Å². The van der Waals surface area contributed by atoms with Gasteiger partial charge in [0.1, 0.15) is 5.56 Å². The third-order valence-corrected chi connectivity index (χ3v) is 5.68. The molecule has 0 saturated heterocycles. The van der Waals surface area contributed by atoms with E-state index in [1.54, 1.807) is 18.2 Å². The summed E-state index contributed by atoms with van der Waals surface area (Å²) in [5.74, 6) is -1.27. The van der Waals surface area contributed by atoms with Crippen LogP contribution < -0.4 is 5.43 Å². The number of aromatic carboxylic acids is 1. The second-order valence-corrected chi connectivity index (χ2v) is 7.30. The lowest BCUT2D eigenvalue weighted by Crippen LogP contribution is -2.25. The van der Waals surface area contributed by atoms with E-state index in [0.29, 0.717) is 39.1 Å². The number of halogens is 2. The number of hydrogen-bond donors (Lipinski definition) is 1. The SMILES string of the molecule is CCn1c(C)c(-c2ccsc2)c(=O)c(C(=O)O)c1-c1ccc(Cl)c(Cl)c1. The molecule has 0 bridgehead atoms. The molecule has 0 radical (unpaired) electrons. The summed E-state index contributed by atoms with van der Waals surface area (Å²) in [5.41, 5.74) is 1.95. The molecule has 0 saturated carbocycles. The number of aromatic nitrogens is 1. The molecule has 26 heavy (non-hydrogen) atoms. The summed E-state index contributed by atoms with van der Waals surface area (Å²) in [4.78, 5) is 25.1. The van der Waals surface area contributed by atoms with E-state index in [-0.39, 0.29) is 5.56 Å². The highest BCUT2D eigenvalue weighted by atomic mass is 35.5. The second kappa shape index (κ2) is 7.27. The summed E-state index contributed by atoms with van der Waals surface area (Å²) in [7, 11) is 0. The van der Waals surface area contributed by atoms with Crippen molar-refractivity contribution in [1.82, 2.24) is 4.57 Å². The van der Waals surface area contributed by atoms with Gasteiger partial charge >= 0.3 is 5.97 Å². The molecule has 3 rings (SSSR count). The Kier molecular flexibility index (Phi) is 5.23. The fourth-order valence-electron chi connectivity index (χ4n) is 3.12. The van der Waals surface area contributed by atoms with Crippen molar-refractivity contribution in [2.24, 2.45) is 0 Å². The molecule has 0 aliphatic heterocycles. The maximum Gasteiger partial charge on any atom is 0.341 e. The van der Waals surface area contributed by atoms with Gasteiger partial charge in [-0.25, -0.2) is 4.79 Å². The van der Waals surface area contributed by atoms with Gasteiger partial charge in [-0.1, -0.05) is 29.3 Å².